The van der Waals surface area contributed by atoms with E-state index in [2.05, 4.69) is 93.3 Å². The Labute approximate surface area is 366 Å². The van der Waals surface area contributed by atoms with Crippen molar-refractivity contribution in [2.24, 2.45) is 0 Å². The molecule has 0 aliphatic heterocycles. The van der Waals surface area contributed by atoms with Crippen LogP contribution in [0.15, 0.2) is 99.7 Å². The van der Waals surface area contributed by atoms with Crippen LogP contribution in [0.1, 0.15) is 138 Å². The van der Waals surface area contributed by atoms with Gasteiger partial charge < -0.3 is 17.5 Å². The summed E-state index contributed by atoms with van der Waals surface area (Å²) in [6.45, 7) is 17.3. The van der Waals surface area contributed by atoms with Crippen LogP contribution in [0.3, 0.4) is 0 Å². The molecule has 0 atom stereocenters. The molecule has 0 unspecified atom stereocenters. The van der Waals surface area contributed by atoms with Gasteiger partial charge in [-0.3, -0.25) is 0 Å². The van der Waals surface area contributed by atoms with Crippen LogP contribution in [0.4, 0.5) is 0 Å². The molecule has 0 saturated carbocycles. The minimum Gasteiger partial charge on any atom is -0.716 e. The third-order valence-electron chi connectivity index (χ3n) is 8.34. The average Bonchev–Trinajstić information content (AvgIpc) is 2.99. The van der Waals surface area contributed by atoms with E-state index in [0.29, 0.717) is 0 Å². The van der Waals surface area contributed by atoms with E-state index >= 15 is 0 Å². The first-order valence-electron chi connectivity index (χ1n) is 17.8. The molecule has 1 rings (SSSR count). The molecule has 0 aromatic heterocycles. The number of hydrogen-bond acceptors (Lipinski definition) is 8. The van der Waals surface area contributed by atoms with Crippen LogP contribution in [-0.4, -0.2) is 25.9 Å². The van der Waals surface area contributed by atoms with E-state index in [1.807, 2.05) is 13.0 Å². The third-order valence-corrected chi connectivity index (χ3v) is 9.12. The number of hydrogen-bond donors (Lipinski definition) is 0. The van der Waals surface area contributed by atoms with Gasteiger partial charge in [0.15, 0.2) is 0 Å². The Bertz CT molecular complexity index is 1690. The van der Waals surface area contributed by atoms with E-state index in [4.69, 9.17) is 0 Å². The fraction of sp³-hybridized carbons (Fsp3) is 0.512. The molecule has 0 N–H and O–H groups in total. The van der Waals surface area contributed by atoms with Crippen molar-refractivity contribution in [2.45, 2.75) is 139 Å². The molecule has 286 valence electrons. The molecular weight excluding hydrogens is 731 g/mol. The van der Waals surface area contributed by atoms with Crippen molar-refractivity contribution in [3.8, 4) is 11.5 Å². The Balaban J connectivity index is 0. The summed E-state index contributed by atoms with van der Waals surface area (Å²) in [4.78, 5) is 0. The first-order chi connectivity index (χ1) is 23.8. The van der Waals surface area contributed by atoms with Gasteiger partial charge in [0.2, 0.25) is 0 Å². The molecule has 1 aromatic carbocycles. The fourth-order valence-corrected chi connectivity index (χ4v) is 6.01. The fourth-order valence-electron chi connectivity index (χ4n) is 5.29. The van der Waals surface area contributed by atoms with E-state index in [1.165, 1.54) is 33.4 Å². The van der Waals surface area contributed by atoms with Crippen molar-refractivity contribution in [3.63, 3.8) is 0 Å². The van der Waals surface area contributed by atoms with Gasteiger partial charge in [-0.2, -0.15) is 0 Å². The average molecular weight is 791 g/mol. The second-order valence-corrected chi connectivity index (χ2v) is 15.7. The summed E-state index contributed by atoms with van der Waals surface area (Å²) in [5.74, 6) is -0.565. The molecule has 0 aliphatic carbocycles. The smallest absolute Gasteiger partial charge is 0.716 e. The first-order valence-corrected chi connectivity index (χ1v) is 20.5. The predicted molar refractivity (Wildman–Crippen MR) is 208 cm³/mol. The molecule has 0 bridgehead atoms. The van der Waals surface area contributed by atoms with Gasteiger partial charge in [0, 0.05) is 5.56 Å². The normalized spacial score (nSPS) is 13.6. The molecule has 0 saturated heterocycles. The van der Waals surface area contributed by atoms with Gasteiger partial charge in [-0.15, -0.1) is 0 Å². The zero-order chi connectivity index (χ0) is 38.5. The van der Waals surface area contributed by atoms with Crippen LogP contribution in [0.2, 0.25) is 0 Å². The maximum Gasteiger partial charge on any atom is 1.00 e. The molecule has 1 aromatic rings. The molecular formula is C41H60Na2O8S2. The molecule has 0 aliphatic rings. The summed E-state index contributed by atoms with van der Waals surface area (Å²) in [5, 5.41) is 0. The summed E-state index contributed by atoms with van der Waals surface area (Å²) in [6.07, 6.45) is 28.4. The molecule has 0 heterocycles. The minimum absolute atomic E-state index is 0. The van der Waals surface area contributed by atoms with E-state index < -0.39 is 20.8 Å². The van der Waals surface area contributed by atoms with Crippen molar-refractivity contribution in [1.29, 1.82) is 0 Å². The Hall–Kier alpha value is -1.18. The first kappa shape index (κ1) is 53.9. The summed E-state index contributed by atoms with van der Waals surface area (Å²) in [7, 11) is -10.1. The standard InChI is InChI=1S/C41H62O8S2.2Na/c1-32(2)15-9-16-33(3)17-10-18-34(4)19-11-20-35(5)21-12-22-36(6)23-13-24-37(7)25-14-26-38(8)27-28-39-31-40(48-50(42,43)44)29-30-41(39)49-51(45,46)47;;/h15,17,19,21,23,25,27,29-31H,9-14,16,18,20,22,24,26,28H2,1-8H3,(H,42,43,44)(H,45,46,47);;/q;2*+1/p-2/b33-17+,34-19+,35-21+,36-23+,37-25+,38-27+;;. The molecule has 12 heteroatoms. The van der Waals surface area contributed by atoms with Gasteiger partial charge in [0.25, 0.3) is 20.8 Å². The molecule has 0 spiro atoms. The predicted octanol–water partition coefficient (Wildman–Crippen LogP) is 5.24. The zero-order valence-electron chi connectivity index (χ0n) is 34.0. The SMILES string of the molecule is CC(C)=CCC/C(C)=C/CC/C(C)=C/CC/C(C)=C/CC/C(C)=C/CC/C(C)=C/CC/C(C)=C/Cc1cc(OS(=O)(=O)[O-])ccc1OS(=O)(=O)[O-].[Na+].[Na+]. The van der Waals surface area contributed by atoms with Crippen molar-refractivity contribution in [3.05, 3.63) is 105 Å². The van der Waals surface area contributed by atoms with Gasteiger partial charge in [0.1, 0.15) is 11.5 Å². The second-order valence-electron chi connectivity index (χ2n) is 13.8. The van der Waals surface area contributed by atoms with Gasteiger partial charge in [-0.05, 0) is 157 Å². The quantitative estimate of drug-likeness (QED) is 0.0602. The minimum atomic E-state index is -5.05. The third kappa shape index (κ3) is 30.7. The number of allylic oxidation sites excluding steroid dienone is 14. The van der Waals surface area contributed by atoms with Crippen molar-refractivity contribution >= 4 is 20.8 Å². The molecule has 53 heavy (non-hydrogen) atoms. The van der Waals surface area contributed by atoms with Crippen molar-refractivity contribution in [1.82, 2.24) is 0 Å². The van der Waals surface area contributed by atoms with Crippen molar-refractivity contribution < 1.29 is 93.4 Å². The van der Waals surface area contributed by atoms with E-state index in [9.17, 15) is 25.9 Å². The summed E-state index contributed by atoms with van der Waals surface area (Å²) >= 11 is 0. The Morgan fingerprint density at radius 1 is 0.509 bits per heavy atom. The number of rotatable bonds is 24. The molecule has 0 radical (unpaired) electrons. The van der Waals surface area contributed by atoms with Gasteiger partial charge in [0.05, 0.1) is 0 Å². The van der Waals surface area contributed by atoms with Crippen LogP contribution < -0.4 is 67.5 Å². The maximum absolute atomic E-state index is 11.1. The second kappa shape index (κ2) is 29.1. The zero-order valence-corrected chi connectivity index (χ0v) is 39.7. The maximum atomic E-state index is 11.1. The number of benzene rings is 1. The topological polar surface area (TPSA) is 133 Å². The summed E-state index contributed by atoms with van der Waals surface area (Å²) in [5.41, 5.74) is 9.70. The van der Waals surface area contributed by atoms with E-state index in [0.717, 1.165) is 101 Å². The van der Waals surface area contributed by atoms with Crippen LogP contribution >= 0.6 is 0 Å². The van der Waals surface area contributed by atoms with E-state index in [-0.39, 0.29) is 82.6 Å². The molecule has 0 fully saturated rings. The van der Waals surface area contributed by atoms with E-state index in [1.54, 1.807) is 0 Å². The summed E-state index contributed by atoms with van der Waals surface area (Å²) < 4.78 is 75.0. The Kier molecular flexibility index (Phi) is 29.6. The van der Waals surface area contributed by atoms with Crippen LogP contribution in [-0.2, 0) is 27.2 Å². The van der Waals surface area contributed by atoms with Crippen LogP contribution in [0, 0.1) is 0 Å². The monoisotopic (exact) mass is 790 g/mol. The Morgan fingerprint density at radius 3 is 1.15 bits per heavy atom. The van der Waals surface area contributed by atoms with Crippen LogP contribution in [0.25, 0.3) is 0 Å². The Morgan fingerprint density at radius 2 is 0.830 bits per heavy atom. The largest absolute Gasteiger partial charge is 1.00 e. The van der Waals surface area contributed by atoms with Gasteiger partial charge in [-0.1, -0.05) is 81.5 Å². The van der Waals surface area contributed by atoms with Gasteiger partial charge in [-0.25, -0.2) is 16.8 Å². The summed E-state index contributed by atoms with van der Waals surface area (Å²) in [6, 6.07) is 3.27. The molecule has 8 nitrogen and oxygen atoms in total. The van der Waals surface area contributed by atoms with Gasteiger partial charge >= 0.3 is 59.1 Å². The van der Waals surface area contributed by atoms with Crippen molar-refractivity contribution in [2.75, 3.05) is 0 Å². The van der Waals surface area contributed by atoms with Crippen LogP contribution in [0.5, 0.6) is 11.5 Å². The molecule has 0 amide bonds.